The first-order valence-corrected chi connectivity index (χ1v) is 15.8. The Hall–Kier alpha value is -4.45. The van der Waals surface area contributed by atoms with Gasteiger partial charge in [0.1, 0.15) is 24.0 Å². The van der Waals surface area contributed by atoms with Crippen LogP contribution in [0.5, 0.6) is 5.75 Å². The molecular formula is C31H38N4O7S. The van der Waals surface area contributed by atoms with Crippen molar-refractivity contribution < 1.29 is 27.7 Å². The number of sulfonamides is 1. The van der Waals surface area contributed by atoms with Crippen molar-refractivity contribution in [2.24, 2.45) is 0 Å². The lowest BCUT2D eigenvalue weighted by atomic mass is 10.0. The highest BCUT2D eigenvalue weighted by atomic mass is 32.2. The molecule has 0 saturated carbocycles. The summed E-state index contributed by atoms with van der Waals surface area (Å²) in [6, 6.07) is 19.3. The van der Waals surface area contributed by atoms with Crippen molar-refractivity contribution in [3.8, 4) is 5.75 Å². The number of hydrogen-bond donors (Lipinski definition) is 1. The molecule has 2 amide bonds. The molecule has 3 aromatic rings. The molecular weight excluding hydrogens is 572 g/mol. The normalized spacial score (nSPS) is 11.8. The molecule has 11 nitrogen and oxygen atoms in total. The van der Waals surface area contributed by atoms with Crippen molar-refractivity contribution in [2.45, 2.75) is 45.7 Å². The summed E-state index contributed by atoms with van der Waals surface area (Å²) in [5.41, 5.74) is 2.05. The van der Waals surface area contributed by atoms with Crippen LogP contribution in [0.4, 0.5) is 11.4 Å². The van der Waals surface area contributed by atoms with E-state index in [9.17, 15) is 28.1 Å². The standard InChI is InChI=1S/C31H38N4O7S/c1-5-6-18-32-31(37)28(19-24-10-8-7-9-11-24)33(21-25-14-12-23(2)13-15-25)30(36)22-34(43(4,40)41)27-20-26(35(38)39)16-17-29(27)42-3/h7-17,20,28H,5-6,18-19,21-22H2,1-4H3,(H,32,37). The van der Waals surface area contributed by atoms with E-state index < -0.39 is 33.4 Å². The maximum Gasteiger partial charge on any atom is 0.271 e. The van der Waals surface area contributed by atoms with Gasteiger partial charge < -0.3 is 15.0 Å². The molecule has 0 bridgehead atoms. The summed E-state index contributed by atoms with van der Waals surface area (Å²) in [5.74, 6) is -0.991. The van der Waals surface area contributed by atoms with Gasteiger partial charge in [0.15, 0.2) is 0 Å². The fourth-order valence-corrected chi connectivity index (χ4v) is 5.38. The van der Waals surface area contributed by atoms with Gasteiger partial charge in [0.05, 0.1) is 18.3 Å². The monoisotopic (exact) mass is 610 g/mol. The minimum atomic E-state index is -4.14. The van der Waals surface area contributed by atoms with Crippen molar-refractivity contribution in [2.75, 3.05) is 30.8 Å². The lowest BCUT2D eigenvalue weighted by molar-refractivity contribution is -0.384. The molecule has 43 heavy (non-hydrogen) atoms. The number of carbonyl (C=O) groups is 2. The van der Waals surface area contributed by atoms with E-state index in [0.717, 1.165) is 46.2 Å². The maximum atomic E-state index is 14.2. The smallest absolute Gasteiger partial charge is 0.271 e. The van der Waals surface area contributed by atoms with Gasteiger partial charge in [0.25, 0.3) is 5.69 Å². The summed E-state index contributed by atoms with van der Waals surface area (Å²) >= 11 is 0. The van der Waals surface area contributed by atoms with Gasteiger partial charge in [0, 0.05) is 31.6 Å². The van der Waals surface area contributed by atoms with E-state index >= 15 is 0 Å². The summed E-state index contributed by atoms with van der Waals surface area (Å²) in [7, 11) is -2.84. The zero-order valence-corrected chi connectivity index (χ0v) is 25.7. The molecule has 0 aliphatic carbocycles. The van der Waals surface area contributed by atoms with Crippen LogP contribution in [0.15, 0.2) is 72.8 Å². The first-order valence-electron chi connectivity index (χ1n) is 13.9. The van der Waals surface area contributed by atoms with Gasteiger partial charge >= 0.3 is 0 Å². The minimum absolute atomic E-state index is 0.0293. The molecule has 12 heteroatoms. The third-order valence-corrected chi connectivity index (χ3v) is 8.02. The molecule has 0 saturated heterocycles. The van der Waals surface area contributed by atoms with Gasteiger partial charge in [0.2, 0.25) is 21.8 Å². The van der Waals surface area contributed by atoms with Gasteiger partial charge in [-0.3, -0.25) is 24.0 Å². The van der Waals surface area contributed by atoms with Crippen LogP contribution < -0.4 is 14.4 Å². The van der Waals surface area contributed by atoms with Crippen molar-refractivity contribution >= 4 is 33.2 Å². The Morgan fingerprint density at radius 2 is 1.70 bits per heavy atom. The molecule has 1 unspecified atom stereocenters. The number of anilines is 1. The number of aryl methyl sites for hydroxylation is 1. The number of hydrogen-bond acceptors (Lipinski definition) is 7. The number of nitro groups is 1. The number of rotatable bonds is 15. The molecule has 230 valence electrons. The average Bonchev–Trinajstić information content (AvgIpc) is 2.98. The van der Waals surface area contributed by atoms with Gasteiger partial charge in [-0.2, -0.15) is 0 Å². The lowest BCUT2D eigenvalue weighted by Crippen LogP contribution is -2.53. The third kappa shape index (κ3) is 9.27. The SMILES string of the molecule is CCCCNC(=O)C(Cc1ccccc1)N(Cc1ccc(C)cc1)C(=O)CN(c1cc([N+](=O)[O-])ccc1OC)S(C)(=O)=O. The number of nitro benzene ring substituents is 1. The Labute approximate surface area is 252 Å². The second-order valence-electron chi connectivity index (χ2n) is 10.2. The lowest BCUT2D eigenvalue weighted by Gasteiger charge is -2.33. The van der Waals surface area contributed by atoms with E-state index in [1.165, 1.54) is 24.1 Å². The molecule has 0 heterocycles. The zero-order valence-electron chi connectivity index (χ0n) is 24.9. The quantitative estimate of drug-likeness (QED) is 0.154. The number of amides is 2. The number of non-ortho nitro benzene ring substituents is 1. The second-order valence-corrected chi connectivity index (χ2v) is 12.1. The fourth-order valence-electron chi connectivity index (χ4n) is 4.53. The van der Waals surface area contributed by atoms with Crippen LogP contribution in [0.3, 0.4) is 0 Å². The average molecular weight is 611 g/mol. The maximum absolute atomic E-state index is 14.2. The molecule has 0 spiro atoms. The Bertz CT molecular complexity index is 1510. The number of nitrogens with one attached hydrogen (secondary N) is 1. The van der Waals surface area contributed by atoms with Crippen molar-refractivity contribution in [3.63, 3.8) is 0 Å². The molecule has 0 aromatic heterocycles. The molecule has 1 N–H and O–H groups in total. The van der Waals surface area contributed by atoms with Crippen LogP contribution in [-0.4, -0.2) is 62.6 Å². The fraction of sp³-hybridized carbons (Fsp3) is 0.355. The van der Waals surface area contributed by atoms with Gasteiger partial charge in [-0.05, 0) is 30.5 Å². The van der Waals surface area contributed by atoms with Crippen LogP contribution in [-0.2, 0) is 32.6 Å². The van der Waals surface area contributed by atoms with Crippen LogP contribution in [0.1, 0.15) is 36.5 Å². The van der Waals surface area contributed by atoms with Crippen LogP contribution >= 0.6 is 0 Å². The predicted molar refractivity (Wildman–Crippen MR) is 165 cm³/mol. The zero-order chi connectivity index (χ0) is 31.6. The third-order valence-electron chi connectivity index (χ3n) is 6.90. The Kier molecular flexibility index (Phi) is 11.6. The summed E-state index contributed by atoms with van der Waals surface area (Å²) in [4.78, 5) is 40.1. The number of carbonyl (C=O) groups excluding carboxylic acids is 2. The highest BCUT2D eigenvalue weighted by Crippen LogP contribution is 2.34. The van der Waals surface area contributed by atoms with E-state index in [0.29, 0.717) is 6.54 Å². The molecule has 3 aromatic carbocycles. The highest BCUT2D eigenvalue weighted by Gasteiger charge is 2.34. The van der Waals surface area contributed by atoms with E-state index in [1.54, 1.807) is 0 Å². The largest absolute Gasteiger partial charge is 0.495 e. The first-order chi connectivity index (χ1) is 20.4. The van der Waals surface area contributed by atoms with Crippen LogP contribution in [0, 0.1) is 17.0 Å². The highest BCUT2D eigenvalue weighted by molar-refractivity contribution is 7.92. The van der Waals surface area contributed by atoms with Gasteiger partial charge in [-0.25, -0.2) is 8.42 Å². The summed E-state index contributed by atoms with van der Waals surface area (Å²) < 4.78 is 32.2. The van der Waals surface area contributed by atoms with E-state index in [-0.39, 0.29) is 36.0 Å². The number of benzene rings is 3. The summed E-state index contributed by atoms with van der Waals surface area (Å²) in [6.07, 6.45) is 2.71. The molecule has 3 rings (SSSR count). The molecule has 0 radical (unpaired) electrons. The molecule has 0 aliphatic rings. The topological polar surface area (TPSA) is 139 Å². The molecule has 0 fully saturated rings. The predicted octanol–water partition coefficient (Wildman–Crippen LogP) is 4.23. The number of nitrogens with zero attached hydrogens (tertiary/aromatic N) is 3. The van der Waals surface area contributed by atoms with Crippen molar-refractivity contribution in [1.82, 2.24) is 10.2 Å². The number of unbranched alkanes of at least 4 members (excludes halogenated alkanes) is 1. The van der Waals surface area contributed by atoms with Crippen LogP contribution in [0.2, 0.25) is 0 Å². The van der Waals surface area contributed by atoms with Gasteiger partial charge in [-0.1, -0.05) is 73.5 Å². The van der Waals surface area contributed by atoms with Gasteiger partial charge in [-0.15, -0.1) is 0 Å². The second kappa shape index (κ2) is 15.1. The number of ether oxygens (including phenoxy) is 1. The summed E-state index contributed by atoms with van der Waals surface area (Å²) in [6.45, 7) is 3.68. The summed E-state index contributed by atoms with van der Waals surface area (Å²) in [5, 5.41) is 14.4. The van der Waals surface area contributed by atoms with Crippen molar-refractivity contribution in [1.29, 1.82) is 0 Å². The van der Waals surface area contributed by atoms with Crippen molar-refractivity contribution in [3.05, 3.63) is 99.6 Å². The van der Waals surface area contributed by atoms with E-state index in [4.69, 9.17) is 4.74 Å². The van der Waals surface area contributed by atoms with E-state index in [2.05, 4.69) is 5.32 Å². The molecule has 1 atom stereocenters. The van der Waals surface area contributed by atoms with E-state index in [1.807, 2.05) is 68.4 Å². The Morgan fingerprint density at radius 1 is 1.02 bits per heavy atom. The number of methoxy groups -OCH3 is 1. The minimum Gasteiger partial charge on any atom is -0.495 e. The Morgan fingerprint density at radius 3 is 2.28 bits per heavy atom. The molecule has 0 aliphatic heterocycles. The Balaban J connectivity index is 2.10. The van der Waals surface area contributed by atoms with Crippen LogP contribution in [0.25, 0.3) is 0 Å². The first kappa shape index (κ1) is 33.1.